The van der Waals surface area contributed by atoms with Crippen LogP contribution in [0.3, 0.4) is 0 Å². The zero-order valence-electron chi connectivity index (χ0n) is 19.2. The second-order valence-corrected chi connectivity index (χ2v) is 17.9. The van der Waals surface area contributed by atoms with E-state index in [-0.39, 0.29) is 0 Å². The van der Waals surface area contributed by atoms with E-state index in [0.717, 1.165) is 12.6 Å². The first kappa shape index (κ1) is 25.2. The topological polar surface area (TPSA) is 20.2 Å². The molecule has 172 valence electrons. The van der Waals surface area contributed by atoms with Gasteiger partial charge in [-0.3, -0.25) is 0 Å². The van der Waals surface area contributed by atoms with Gasteiger partial charge >= 0.3 is 203 Å². The first-order valence-corrected chi connectivity index (χ1v) is 16.6. The normalized spacial score (nSPS) is 12.9. The van der Waals surface area contributed by atoms with Crippen LogP contribution in [0.15, 0.2) is 91.0 Å². The Morgan fingerprint density at radius 1 is 0.469 bits per heavy atom. The summed E-state index contributed by atoms with van der Waals surface area (Å²) in [6.07, 6.45) is 12.2. The maximum atomic E-state index is 8.90. The van der Waals surface area contributed by atoms with E-state index >= 15 is 0 Å². The predicted molar refractivity (Wildman–Crippen MR) is 148 cm³/mol. The monoisotopic (exact) mass is 512 g/mol. The zero-order valence-corrected chi connectivity index (χ0v) is 21.7. The van der Waals surface area contributed by atoms with E-state index in [0.29, 0.717) is 6.61 Å². The summed E-state index contributed by atoms with van der Waals surface area (Å²) in [5, 5.41) is 10.4. The molecule has 3 heteroatoms. The summed E-state index contributed by atoms with van der Waals surface area (Å²) in [7, 11) is 0. The van der Waals surface area contributed by atoms with Crippen LogP contribution in [0.5, 0.6) is 0 Å². The molecule has 0 aliphatic heterocycles. The number of aliphatic hydroxyl groups excluding tert-OH is 1. The van der Waals surface area contributed by atoms with Gasteiger partial charge in [-0.25, -0.2) is 0 Å². The Kier molecular flexibility index (Phi) is 9.97. The van der Waals surface area contributed by atoms with Gasteiger partial charge in [0.15, 0.2) is 0 Å². The minimum atomic E-state index is -2.74. The summed E-state index contributed by atoms with van der Waals surface area (Å²) in [6.45, 7) is 0.336. The third-order valence-electron chi connectivity index (χ3n) is 6.62. The van der Waals surface area contributed by atoms with Crippen molar-refractivity contribution >= 4 is 36.7 Å². The van der Waals surface area contributed by atoms with Gasteiger partial charge < -0.3 is 0 Å². The predicted octanol–water partition coefficient (Wildman–Crippen LogP) is 7.33. The molecule has 0 aromatic heterocycles. The molecule has 3 rings (SSSR count). The fourth-order valence-electron chi connectivity index (χ4n) is 4.81. The van der Waals surface area contributed by atoms with Gasteiger partial charge in [0, 0.05) is 0 Å². The summed E-state index contributed by atoms with van der Waals surface area (Å²) in [6, 6.07) is 33.4. The van der Waals surface area contributed by atoms with Crippen LogP contribution >= 0.6 is 20.8 Å². The molecule has 0 atom stereocenters. The molecular formula is C29H38BrOP. The van der Waals surface area contributed by atoms with Crippen molar-refractivity contribution in [1.82, 2.24) is 0 Å². The Morgan fingerprint density at radius 3 is 1.12 bits per heavy atom. The van der Waals surface area contributed by atoms with Crippen LogP contribution in [0, 0.1) is 0 Å². The van der Waals surface area contributed by atoms with E-state index in [1.807, 2.05) is 0 Å². The second-order valence-electron chi connectivity index (χ2n) is 8.82. The standard InChI is InChI=1S/C29H38BrOP/c30-32(27-19-11-8-12-20-27,28-21-13-9-14-22-28,29-23-15-10-16-24-29)26-18-7-5-3-1-2-4-6-17-25-31/h8-16,19-24,31H,1-7,17-18,25-26H2. The van der Waals surface area contributed by atoms with E-state index < -0.39 is 5.31 Å². The third-order valence-corrected chi connectivity index (χ3v) is 16.6. The van der Waals surface area contributed by atoms with Crippen LogP contribution in [0.2, 0.25) is 0 Å². The average molecular weight is 514 g/mol. The van der Waals surface area contributed by atoms with Gasteiger partial charge in [-0.1, -0.05) is 0 Å². The van der Waals surface area contributed by atoms with Crippen LogP contribution in [-0.4, -0.2) is 17.9 Å². The molecule has 32 heavy (non-hydrogen) atoms. The van der Waals surface area contributed by atoms with Crippen molar-refractivity contribution in [2.24, 2.45) is 0 Å². The number of halogens is 1. The van der Waals surface area contributed by atoms with Crippen LogP contribution in [0.4, 0.5) is 0 Å². The van der Waals surface area contributed by atoms with E-state index in [1.54, 1.807) is 0 Å². The molecular weight excluding hydrogens is 475 g/mol. The number of benzene rings is 3. The van der Waals surface area contributed by atoms with Crippen LogP contribution in [0.25, 0.3) is 0 Å². The van der Waals surface area contributed by atoms with Crippen molar-refractivity contribution < 1.29 is 5.11 Å². The first-order valence-electron chi connectivity index (χ1n) is 12.2. The van der Waals surface area contributed by atoms with Gasteiger partial charge in [-0.2, -0.15) is 0 Å². The van der Waals surface area contributed by atoms with Gasteiger partial charge in [0.2, 0.25) is 0 Å². The average Bonchev–Trinajstić information content (AvgIpc) is 2.87. The fourth-order valence-corrected chi connectivity index (χ4v) is 12.6. The molecule has 0 heterocycles. The summed E-state index contributed by atoms with van der Waals surface area (Å²) in [4.78, 5) is 0. The van der Waals surface area contributed by atoms with Crippen molar-refractivity contribution in [3.63, 3.8) is 0 Å². The summed E-state index contributed by atoms with van der Waals surface area (Å²) >= 11 is 4.55. The molecule has 3 aromatic carbocycles. The molecule has 0 aliphatic carbocycles. The van der Waals surface area contributed by atoms with Crippen molar-refractivity contribution in [3.8, 4) is 0 Å². The minimum absolute atomic E-state index is 0.336. The van der Waals surface area contributed by atoms with E-state index in [1.165, 1.54) is 67.3 Å². The zero-order chi connectivity index (χ0) is 22.6. The molecule has 0 saturated heterocycles. The van der Waals surface area contributed by atoms with E-state index in [2.05, 4.69) is 106 Å². The van der Waals surface area contributed by atoms with Crippen molar-refractivity contribution in [2.75, 3.05) is 12.8 Å². The summed E-state index contributed by atoms with van der Waals surface area (Å²) in [5.41, 5.74) is 0. The number of hydrogen-bond acceptors (Lipinski definition) is 1. The molecule has 0 fully saturated rings. The van der Waals surface area contributed by atoms with Crippen LogP contribution in [0.1, 0.15) is 57.8 Å². The molecule has 0 amide bonds. The van der Waals surface area contributed by atoms with Crippen LogP contribution < -0.4 is 15.9 Å². The van der Waals surface area contributed by atoms with Gasteiger partial charge in [0.05, 0.1) is 0 Å². The number of hydrogen-bond donors (Lipinski definition) is 1. The Bertz CT molecular complexity index is 799. The van der Waals surface area contributed by atoms with Crippen LogP contribution in [-0.2, 0) is 0 Å². The van der Waals surface area contributed by atoms with Gasteiger partial charge in [0.1, 0.15) is 0 Å². The Hall–Kier alpha value is -1.47. The molecule has 0 aliphatic rings. The molecule has 1 nitrogen and oxygen atoms in total. The SMILES string of the molecule is OCCCCCCCCCCCP(Br)(c1ccccc1)(c1ccccc1)c1ccccc1. The Labute approximate surface area is 203 Å². The van der Waals surface area contributed by atoms with E-state index in [9.17, 15) is 0 Å². The number of unbranched alkanes of at least 4 members (excludes halogenated alkanes) is 8. The molecule has 0 spiro atoms. The Balaban J connectivity index is 1.78. The van der Waals surface area contributed by atoms with Crippen molar-refractivity contribution in [3.05, 3.63) is 91.0 Å². The van der Waals surface area contributed by atoms with Gasteiger partial charge in [-0.05, 0) is 0 Å². The summed E-state index contributed by atoms with van der Waals surface area (Å²) in [5.74, 6) is 0. The molecule has 0 saturated carbocycles. The molecule has 3 aromatic rings. The third kappa shape index (κ3) is 5.90. The fraction of sp³-hybridized carbons (Fsp3) is 0.379. The summed E-state index contributed by atoms with van der Waals surface area (Å²) < 4.78 is 0. The number of rotatable bonds is 14. The first-order chi connectivity index (χ1) is 15.7. The molecule has 0 unspecified atom stereocenters. The van der Waals surface area contributed by atoms with Gasteiger partial charge in [-0.15, -0.1) is 0 Å². The quantitative estimate of drug-likeness (QED) is 0.177. The van der Waals surface area contributed by atoms with Gasteiger partial charge in [0.25, 0.3) is 0 Å². The number of aliphatic hydroxyl groups is 1. The Morgan fingerprint density at radius 2 is 0.781 bits per heavy atom. The molecule has 1 N–H and O–H groups in total. The molecule has 0 radical (unpaired) electrons. The molecule has 0 bridgehead atoms. The van der Waals surface area contributed by atoms with Crippen molar-refractivity contribution in [1.29, 1.82) is 0 Å². The maximum absolute atomic E-state index is 8.90. The van der Waals surface area contributed by atoms with Crippen molar-refractivity contribution in [2.45, 2.75) is 57.8 Å². The van der Waals surface area contributed by atoms with E-state index in [4.69, 9.17) is 5.11 Å². The second kappa shape index (κ2) is 12.7.